The van der Waals surface area contributed by atoms with Gasteiger partial charge in [0.15, 0.2) is 5.60 Å². The van der Waals surface area contributed by atoms with Crippen molar-refractivity contribution in [2.45, 2.75) is 97.2 Å². The highest BCUT2D eigenvalue weighted by atomic mass is 35.5. The third kappa shape index (κ3) is 3.98. The molecule has 0 radical (unpaired) electrons. The molecule has 0 unspecified atom stereocenters. The molecule has 0 N–H and O–H groups in total. The number of carbonyl (C=O) groups is 2. The number of hydrogen-bond acceptors (Lipinski definition) is 4. The number of rotatable bonds is 4. The Morgan fingerprint density at radius 3 is 2.41 bits per heavy atom. The van der Waals surface area contributed by atoms with Crippen LogP contribution in [0.2, 0.25) is 5.02 Å². The number of benzene rings is 1. The molecule has 4 nitrogen and oxygen atoms in total. The summed E-state index contributed by atoms with van der Waals surface area (Å²) in [5, 5.41) is 0.635. The molecule has 0 heterocycles. The average molecular weight is 487 g/mol. The van der Waals surface area contributed by atoms with Crippen molar-refractivity contribution >= 4 is 23.4 Å². The molecule has 4 fully saturated rings. The Balaban J connectivity index is 1.28. The van der Waals surface area contributed by atoms with Gasteiger partial charge < -0.3 is 9.47 Å². The van der Waals surface area contributed by atoms with Gasteiger partial charge in [-0.05, 0) is 112 Å². The van der Waals surface area contributed by atoms with Crippen LogP contribution in [0, 0.1) is 34.5 Å². The fourth-order valence-electron chi connectivity index (χ4n) is 8.30. The third-order valence-electron chi connectivity index (χ3n) is 10.3. The van der Waals surface area contributed by atoms with Gasteiger partial charge in [0.25, 0.3) is 0 Å². The Hall–Kier alpha value is -1.55. The predicted molar refractivity (Wildman–Crippen MR) is 133 cm³/mol. The minimum absolute atomic E-state index is 0.0286. The van der Waals surface area contributed by atoms with E-state index in [1.54, 1.807) is 38.1 Å². The Kier molecular flexibility index (Phi) is 6.06. The first-order valence-corrected chi connectivity index (χ1v) is 13.6. The van der Waals surface area contributed by atoms with Crippen LogP contribution < -0.4 is 4.74 Å². The Morgan fingerprint density at radius 2 is 1.68 bits per heavy atom. The summed E-state index contributed by atoms with van der Waals surface area (Å²) in [5.41, 5.74) is -0.734. The Labute approximate surface area is 209 Å². The second-order valence-corrected chi connectivity index (χ2v) is 12.9. The van der Waals surface area contributed by atoms with E-state index in [1.807, 2.05) is 0 Å². The maximum Gasteiger partial charge on any atom is 0.350 e. The van der Waals surface area contributed by atoms with Crippen molar-refractivity contribution in [1.82, 2.24) is 0 Å². The maximum absolute atomic E-state index is 13.3. The molecule has 4 aliphatic carbocycles. The molecule has 4 aliphatic rings. The lowest BCUT2D eigenvalue weighted by Crippen LogP contribution is -2.54. The fraction of sp³-hybridized carbons (Fsp3) is 0.724. The fourth-order valence-corrected chi connectivity index (χ4v) is 8.43. The minimum atomic E-state index is -1.07. The Bertz CT molecular complexity index is 955. The van der Waals surface area contributed by atoms with Crippen LogP contribution in [0.15, 0.2) is 24.3 Å². The van der Waals surface area contributed by atoms with Crippen molar-refractivity contribution in [3.63, 3.8) is 0 Å². The third-order valence-corrected chi connectivity index (χ3v) is 10.6. The molecule has 0 bridgehead atoms. The first-order valence-electron chi connectivity index (χ1n) is 13.2. The summed E-state index contributed by atoms with van der Waals surface area (Å²) in [7, 11) is 0. The molecule has 4 saturated carbocycles. The van der Waals surface area contributed by atoms with Crippen LogP contribution in [0.3, 0.4) is 0 Å². The van der Waals surface area contributed by atoms with Crippen molar-refractivity contribution in [3.8, 4) is 5.75 Å². The predicted octanol–water partition coefficient (Wildman–Crippen LogP) is 7.02. The molecule has 5 rings (SSSR count). The van der Waals surface area contributed by atoms with Gasteiger partial charge in [0.05, 0.1) is 0 Å². The van der Waals surface area contributed by atoms with Gasteiger partial charge >= 0.3 is 5.97 Å². The number of halogens is 1. The zero-order chi connectivity index (χ0) is 24.3. The van der Waals surface area contributed by atoms with Crippen molar-refractivity contribution < 1.29 is 19.1 Å². The van der Waals surface area contributed by atoms with Crippen LogP contribution in [-0.4, -0.2) is 23.5 Å². The molecule has 5 heteroatoms. The normalized spacial score (nSPS) is 39.6. The SMILES string of the molecule is CC(C)(Oc1ccc(Cl)cc1)C(=O)O[C@H]1CC[C@H]2[C@@H]3CC[C@H]4CC(=O)CC[C@]4(C)[C@H]3CC[C@]12C. The first-order chi connectivity index (χ1) is 16.0. The van der Waals surface area contributed by atoms with Gasteiger partial charge in [0.1, 0.15) is 17.6 Å². The summed E-state index contributed by atoms with van der Waals surface area (Å²) in [6.07, 6.45) is 9.34. The Morgan fingerprint density at radius 1 is 0.971 bits per heavy atom. The van der Waals surface area contributed by atoms with Gasteiger partial charge in [-0.15, -0.1) is 0 Å². The van der Waals surface area contributed by atoms with Crippen LogP contribution >= 0.6 is 11.6 Å². The van der Waals surface area contributed by atoms with E-state index in [-0.39, 0.29) is 17.5 Å². The summed E-state index contributed by atoms with van der Waals surface area (Å²) in [6, 6.07) is 7.08. The van der Waals surface area contributed by atoms with Gasteiger partial charge in [0.2, 0.25) is 0 Å². The summed E-state index contributed by atoms with van der Waals surface area (Å²) in [6.45, 7) is 8.40. The molecule has 1 aromatic rings. The van der Waals surface area contributed by atoms with Gasteiger partial charge in [0, 0.05) is 23.3 Å². The molecule has 0 amide bonds. The second-order valence-electron chi connectivity index (χ2n) is 12.5. The van der Waals surface area contributed by atoms with E-state index in [2.05, 4.69) is 13.8 Å². The van der Waals surface area contributed by atoms with Gasteiger partial charge in [-0.1, -0.05) is 25.4 Å². The highest BCUT2D eigenvalue weighted by molar-refractivity contribution is 6.30. The number of ketones is 1. The molecule has 0 spiro atoms. The van der Waals surface area contributed by atoms with Crippen molar-refractivity contribution in [2.24, 2.45) is 34.5 Å². The molecule has 34 heavy (non-hydrogen) atoms. The van der Waals surface area contributed by atoms with Crippen LogP contribution in [0.4, 0.5) is 0 Å². The van der Waals surface area contributed by atoms with E-state index < -0.39 is 5.60 Å². The number of Topliss-reactive ketones (excluding diaryl/α,β-unsaturated/α-hetero) is 1. The molecule has 186 valence electrons. The van der Waals surface area contributed by atoms with E-state index in [0.717, 1.165) is 38.5 Å². The lowest BCUT2D eigenvalue weighted by atomic mass is 9.45. The van der Waals surface area contributed by atoms with E-state index in [4.69, 9.17) is 21.1 Å². The van der Waals surface area contributed by atoms with E-state index in [0.29, 0.717) is 45.6 Å². The van der Waals surface area contributed by atoms with Gasteiger partial charge in [-0.3, -0.25) is 4.79 Å². The van der Waals surface area contributed by atoms with E-state index >= 15 is 0 Å². The maximum atomic E-state index is 13.3. The molecular formula is C29H39ClO4. The highest BCUT2D eigenvalue weighted by Gasteiger charge is 2.61. The summed E-state index contributed by atoms with van der Waals surface area (Å²) in [4.78, 5) is 25.4. The number of fused-ring (bicyclic) bond motifs is 5. The topological polar surface area (TPSA) is 52.6 Å². The lowest BCUT2D eigenvalue weighted by Gasteiger charge is -2.60. The largest absolute Gasteiger partial charge is 0.476 e. The summed E-state index contributed by atoms with van der Waals surface area (Å²) < 4.78 is 12.2. The van der Waals surface area contributed by atoms with Gasteiger partial charge in [-0.25, -0.2) is 4.79 Å². The zero-order valence-corrected chi connectivity index (χ0v) is 21.8. The molecule has 7 atom stereocenters. The van der Waals surface area contributed by atoms with E-state index in [1.165, 1.54) is 19.3 Å². The van der Waals surface area contributed by atoms with Crippen molar-refractivity contribution in [3.05, 3.63) is 29.3 Å². The number of ether oxygens (including phenoxy) is 2. The molecule has 0 saturated heterocycles. The second kappa shape index (κ2) is 8.54. The minimum Gasteiger partial charge on any atom is -0.476 e. The zero-order valence-electron chi connectivity index (χ0n) is 21.1. The van der Waals surface area contributed by atoms with Gasteiger partial charge in [-0.2, -0.15) is 0 Å². The number of esters is 1. The smallest absolute Gasteiger partial charge is 0.350 e. The first kappa shape index (κ1) is 24.2. The standard InChI is InChI=1S/C29H39ClO4/c1-27(2,34-21-8-6-19(30)7-9-21)26(32)33-25-12-11-23-22-10-5-18-17-20(31)13-15-28(18,3)24(22)14-16-29(23,25)4/h6-9,18,22-25H,5,10-17H2,1-4H3/t18-,22-,23-,24-,25-,28-,29-/m0/s1. The monoisotopic (exact) mass is 486 g/mol. The molecule has 0 aliphatic heterocycles. The van der Waals surface area contributed by atoms with Crippen LogP contribution in [0.5, 0.6) is 5.75 Å². The summed E-state index contributed by atoms with van der Waals surface area (Å²) >= 11 is 5.98. The quantitative estimate of drug-likeness (QED) is 0.429. The van der Waals surface area contributed by atoms with Crippen LogP contribution in [0.25, 0.3) is 0 Å². The van der Waals surface area contributed by atoms with Crippen LogP contribution in [-0.2, 0) is 14.3 Å². The average Bonchev–Trinajstić information content (AvgIpc) is 3.12. The summed E-state index contributed by atoms with van der Waals surface area (Å²) in [5.74, 6) is 3.35. The van der Waals surface area contributed by atoms with Crippen molar-refractivity contribution in [2.75, 3.05) is 0 Å². The number of carbonyl (C=O) groups excluding carboxylic acids is 2. The van der Waals surface area contributed by atoms with E-state index in [9.17, 15) is 9.59 Å². The molecule has 1 aromatic carbocycles. The molecular weight excluding hydrogens is 448 g/mol. The highest BCUT2D eigenvalue weighted by Crippen LogP contribution is 2.66. The van der Waals surface area contributed by atoms with Crippen LogP contribution in [0.1, 0.15) is 85.5 Å². The number of hydrogen-bond donors (Lipinski definition) is 0. The molecule has 0 aromatic heterocycles. The van der Waals surface area contributed by atoms with Crippen molar-refractivity contribution in [1.29, 1.82) is 0 Å². The lowest BCUT2D eigenvalue weighted by molar-refractivity contribution is -0.177.